The van der Waals surface area contributed by atoms with Crippen LogP contribution in [0.25, 0.3) is 0 Å². The fraction of sp³-hybridized carbons (Fsp3) is 0.667. The van der Waals surface area contributed by atoms with Crippen molar-refractivity contribution in [2.75, 3.05) is 0 Å². The molecule has 0 saturated heterocycles. The lowest BCUT2D eigenvalue weighted by Gasteiger charge is -2.59. The second kappa shape index (κ2) is 5.28. The van der Waals surface area contributed by atoms with Crippen molar-refractivity contribution in [3.63, 3.8) is 0 Å². The predicted molar refractivity (Wildman–Crippen MR) is 86.8 cm³/mol. The van der Waals surface area contributed by atoms with E-state index in [-0.39, 0.29) is 16.4 Å². The summed E-state index contributed by atoms with van der Waals surface area (Å²) < 4.78 is 41.4. The van der Waals surface area contributed by atoms with Gasteiger partial charge in [0.1, 0.15) is 5.82 Å². The molecule has 3 nitrogen and oxygen atoms in total. The van der Waals surface area contributed by atoms with Crippen molar-refractivity contribution in [3.05, 3.63) is 30.1 Å². The van der Waals surface area contributed by atoms with Crippen LogP contribution < -0.4 is 4.72 Å². The van der Waals surface area contributed by atoms with E-state index in [1.54, 1.807) is 0 Å². The largest absolute Gasteiger partial charge is 0.240 e. The number of hydrogen-bond donors (Lipinski definition) is 1. The Morgan fingerprint density at radius 3 is 2.22 bits per heavy atom. The summed E-state index contributed by atoms with van der Waals surface area (Å²) >= 11 is 0. The van der Waals surface area contributed by atoms with Crippen LogP contribution in [0.1, 0.15) is 45.4 Å². The highest BCUT2D eigenvalue weighted by atomic mass is 32.2. The van der Waals surface area contributed by atoms with E-state index in [9.17, 15) is 12.8 Å². The zero-order chi connectivity index (χ0) is 16.2. The molecule has 0 heterocycles. The Hall–Kier alpha value is -0.940. The topological polar surface area (TPSA) is 46.2 Å². The highest BCUT2D eigenvalue weighted by Crippen LogP contribution is 2.61. The molecule has 4 bridgehead atoms. The second-order valence-electron chi connectivity index (χ2n) is 8.08. The molecule has 0 spiro atoms. The molecule has 4 fully saturated rings. The van der Waals surface area contributed by atoms with E-state index < -0.39 is 15.8 Å². The van der Waals surface area contributed by atoms with E-state index in [1.807, 2.05) is 6.92 Å². The molecule has 5 heteroatoms. The van der Waals surface area contributed by atoms with Crippen molar-refractivity contribution in [1.29, 1.82) is 0 Å². The molecule has 0 radical (unpaired) electrons. The first kappa shape index (κ1) is 15.6. The van der Waals surface area contributed by atoms with E-state index in [2.05, 4.69) is 4.72 Å². The van der Waals surface area contributed by atoms with Crippen molar-refractivity contribution in [3.8, 4) is 0 Å². The van der Waals surface area contributed by atoms with E-state index in [4.69, 9.17) is 0 Å². The van der Waals surface area contributed by atoms with Gasteiger partial charge < -0.3 is 0 Å². The Bertz CT molecular complexity index is 680. The molecule has 4 aliphatic rings. The molecule has 0 aliphatic heterocycles. The van der Waals surface area contributed by atoms with Crippen LogP contribution in [-0.2, 0) is 10.0 Å². The van der Waals surface area contributed by atoms with Gasteiger partial charge in [0.15, 0.2) is 0 Å². The lowest BCUT2D eigenvalue weighted by Crippen LogP contribution is -2.55. The third kappa shape index (κ3) is 2.72. The Kier molecular flexibility index (Phi) is 3.58. The number of nitrogens with one attached hydrogen (secondary N) is 1. The highest BCUT2D eigenvalue weighted by molar-refractivity contribution is 7.89. The Balaban J connectivity index is 1.57. The van der Waals surface area contributed by atoms with E-state index in [0.717, 1.165) is 43.1 Å². The van der Waals surface area contributed by atoms with Gasteiger partial charge in [-0.1, -0.05) is 6.07 Å². The van der Waals surface area contributed by atoms with Gasteiger partial charge >= 0.3 is 0 Å². The quantitative estimate of drug-likeness (QED) is 0.910. The first-order valence-corrected chi connectivity index (χ1v) is 10.1. The Labute approximate surface area is 137 Å². The van der Waals surface area contributed by atoms with E-state index in [1.165, 1.54) is 37.5 Å². The van der Waals surface area contributed by atoms with Crippen LogP contribution in [0.15, 0.2) is 29.2 Å². The molecular weight excluding hydrogens is 313 g/mol. The average Bonchev–Trinajstić information content (AvgIpc) is 2.45. The van der Waals surface area contributed by atoms with Gasteiger partial charge in [0.2, 0.25) is 10.0 Å². The van der Waals surface area contributed by atoms with Gasteiger partial charge in [-0.05, 0) is 86.8 Å². The molecule has 0 amide bonds. The van der Waals surface area contributed by atoms with E-state index in [0.29, 0.717) is 0 Å². The number of sulfonamides is 1. The molecule has 5 rings (SSSR count). The summed E-state index contributed by atoms with van der Waals surface area (Å²) in [6.45, 7) is 2.00. The number of benzene rings is 1. The summed E-state index contributed by atoms with van der Waals surface area (Å²) in [4.78, 5) is 0.0223. The van der Waals surface area contributed by atoms with Crippen LogP contribution >= 0.6 is 0 Å². The normalized spacial score (nSPS) is 37.0. The van der Waals surface area contributed by atoms with Crippen LogP contribution in [0.4, 0.5) is 4.39 Å². The number of rotatable bonds is 4. The third-order valence-electron chi connectivity index (χ3n) is 6.44. The standard InChI is InChI=1S/C18H24FNO2S/c1-12(20-23(21,22)17-4-2-3-16(19)8-17)18-9-13-5-14(10-18)7-15(6-13)11-18/h2-4,8,12-15,20H,5-7,9-11H2,1H3. The Morgan fingerprint density at radius 1 is 1.13 bits per heavy atom. The van der Waals surface area contributed by atoms with Crippen molar-refractivity contribution in [2.45, 2.75) is 56.4 Å². The average molecular weight is 337 g/mol. The summed E-state index contributed by atoms with van der Waals surface area (Å²) in [5, 5.41) is 0. The van der Waals surface area contributed by atoms with Gasteiger partial charge in [-0.2, -0.15) is 0 Å². The van der Waals surface area contributed by atoms with Crippen molar-refractivity contribution in [1.82, 2.24) is 4.72 Å². The molecule has 1 unspecified atom stereocenters. The second-order valence-corrected chi connectivity index (χ2v) is 9.79. The molecule has 4 aliphatic carbocycles. The molecule has 1 aromatic rings. The molecule has 23 heavy (non-hydrogen) atoms. The van der Waals surface area contributed by atoms with Crippen LogP contribution in [0, 0.1) is 29.0 Å². The summed E-state index contributed by atoms with van der Waals surface area (Å²) in [5.74, 6) is 1.82. The van der Waals surface area contributed by atoms with Crippen LogP contribution in [0.5, 0.6) is 0 Å². The first-order chi connectivity index (χ1) is 10.9. The molecular formula is C18H24FNO2S. The summed E-state index contributed by atoms with van der Waals surface area (Å²) in [7, 11) is -3.67. The fourth-order valence-corrected chi connectivity index (χ4v) is 7.14. The maximum Gasteiger partial charge on any atom is 0.240 e. The van der Waals surface area contributed by atoms with Crippen molar-refractivity contribution in [2.24, 2.45) is 23.2 Å². The van der Waals surface area contributed by atoms with Crippen LogP contribution in [-0.4, -0.2) is 14.5 Å². The van der Waals surface area contributed by atoms with Crippen molar-refractivity contribution < 1.29 is 12.8 Å². The maximum atomic E-state index is 13.4. The predicted octanol–water partition coefficient (Wildman–Crippen LogP) is 3.71. The molecule has 1 N–H and O–H groups in total. The van der Waals surface area contributed by atoms with Gasteiger partial charge in [-0.15, -0.1) is 0 Å². The lowest BCUT2D eigenvalue weighted by atomic mass is 9.48. The molecule has 0 aromatic heterocycles. The smallest absolute Gasteiger partial charge is 0.208 e. The summed E-state index contributed by atoms with van der Waals surface area (Å²) in [5.41, 5.74) is 0.106. The maximum absolute atomic E-state index is 13.4. The number of halogens is 1. The van der Waals surface area contributed by atoms with Crippen molar-refractivity contribution >= 4 is 10.0 Å². The third-order valence-corrected chi connectivity index (χ3v) is 7.98. The van der Waals surface area contributed by atoms with Gasteiger partial charge in [0, 0.05) is 6.04 Å². The van der Waals surface area contributed by atoms with Gasteiger partial charge in [-0.3, -0.25) is 0 Å². The monoisotopic (exact) mass is 337 g/mol. The van der Waals surface area contributed by atoms with E-state index >= 15 is 0 Å². The summed E-state index contributed by atoms with van der Waals surface area (Å²) in [6.07, 6.45) is 7.44. The molecule has 126 valence electrons. The minimum Gasteiger partial charge on any atom is -0.208 e. The fourth-order valence-electron chi connectivity index (χ4n) is 5.77. The first-order valence-electron chi connectivity index (χ1n) is 8.64. The highest BCUT2D eigenvalue weighted by Gasteiger charge is 2.53. The van der Waals surface area contributed by atoms with Gasteiger partial charge in [-0.25, -0.2) is 17.5 Å². The minimum absolute atomic E-state index is 0.0223. The van der Waals surface area contributed by atoms with Crippen LogP contribution in [0.3, 0.4) is 0 Å². The SMILES string of the molecule is CC(NS(=O)(=O)c1cccc(F)c1)C12CC3CC(CC(C3)C1)C2. The Morgan fingerprint density at radius 2 is 1.70 bits per heavy atom. The summed E-state index contributed by atoms with van der Waals surface area (Å²) in [6, 6.07) is 5.16. The zero-order valence-corrected chi connectivity index (χ0v) is 14.3. The minimum atomic E-state index is -3.67. The zero-order valence-electron chi connectivity index (χ0n) is 13.5. The van der Waals surface area contributed by atoms with Gasteiger partial charge in [0.05, 0.1) is 4.90 Å². The molecule has 1 aromatic carbocycles. The lowest BCUT2D eigenvalue weighted by molar-refractivity contribution is -0.0666. The molecule has 4 saturated carbocycles. The number of hydrogen-bond acceptors (Lipinski definition) is 2. The van der Waals surface area contributed by atoms with Crippen LogP contribution in [0.2, 0.25) is 0 Å². The van der Waals surface area contributed by atoms with Gasteiger partial charge in [0.25, 0.3) is 0 Å². The molecule has 1 atom stereocenters.